The molecule has 3 N–H and O–H groups in total. The Kier molecular flexibility index (Phi) is 4.18. The van der Waals surface area contributed by atoms with Crippen LogP contribution < -0.4 is 10.6 Å². The third kappa shape index (κ3) is 3.85. The van der Waals surface area contributed by atoms with Gasteiger partial charge in [0.25, 0.3) is 5.95 Å². The predicted molar refractivity (Wildman–Crippen MR) is 62.4 cm³/mol. The van der Waals surface area contributed by atoms with Crippen LogP contribution >= 0.6 is 0 Å². The van der Waals surface area contributed by atoms with Crippen molar-refractivity contribution in [3.63, 3.8) is 0 Å². The van der Waals surface area contributed by atoms with Crippen molar-refractivity contribution in [2.24, 2.45) is 0 Å². The monoisotopic (exact) mass is 267 g/mol. The molecule has 0 aromatic carbocycles. The van der Waals surface area contributed by atoms with Crippen molar-refractivity contribution in [3.8, 4) is 0 Å². The molecular formula is C10H13N5O4. The number of carbonyl (C=O) groups is 2. The molecule has 2 amide bonds. The molecule has 0 bridgehead atoms. The molecule has 1 aliphatic heterocycles. The minimum atomic E-state index is -0.976. The van der Waals surface area contributed by atoms with E-state index in [1.165, 1.54) is 12.4 Å². The van der Waals surface area contributed by atoms with Gasteiger partial charge in [0.2, 0.25) is 0 Å². The number of urea groups is 1. The second-order valence-electron chi connectivity index (χ2n) is 3.96. The molecule has 1 aliphatic rings. The highest BCUT2D eigenvalue weighted by molar-refractivity contribution is 5.87. The molecule has 9 nitrogen and oxygen atoms in total. The van der Waals surface area contributed by atoms with Gasteiger partial charge in [-0.1, -0.05) is 0 Å². The van der Waals surface area contributed by atoms with Gasteiger partial charge in [-0.05, 0) is 12.8 Å². The maximum absolute atomic E-state index is 11.5. The average Bonchev–Trinajstić information content (AvgIpc) is 2.86. The Labute approximate surface area is 108 Å². The first kappa shape index (κ1) is 13.1. The quantitative estimate of drug-likeness (QED) is 0.679. The van der Waals surface area contributed by atoms with Gasteiger partial charge in [0.1, 0.15) is 0 Å². The number of anilines is 1. The van der Waals surface area contributed by atoms with E-state index in [0.717, 1.165) is 0 Å². The summed E-state index contributed by atoms with van der Waals surface area (Å²) in [6.07, 6.45) is 2.77. The number of carbonyl (C=O) groups excluding carboxylic acids is 1. The molecule has 1 fully saturated rings. The number of carboxylic acid groups (broad SMARTS) is 1. The van der Waals surface area contributed by atoms with Gasteiger partial charge in [-0.15, -0.1) is 5.10 Å². The first-order valence-electron chi connectivity index (χ1n) is 5.72. The van der Waals surface area contributed by atoms with Gasteiger partial charge in [-0.2, -0.15) is 5.10 Å². The highest BCUT2D eigenvalue weighted by atomic mass is 16.5. The predicted octanol–water partition coefficient (Wildman–Crippen LogP) is -0.375. The van der Waals surface area contributed by atoms with Crippen molar-refractivity contribution in [1.29, 1.82) is 0 Å². The fraction of sp³-hybridized carbons (Fsp3) is 0.500. The summed E-state index contributed by atoms with van der Waals surface area (Å²) in [5, 5.41) is 20.9. The molecule has 1 aromatic heterocycles. The molecular weight excluding hydrogens is 254 g/mol. The molecule has 0 radical (unpaired) electrons. The zero-order chi connectivity index (χ0) is 13.7. The smallest absolute Gasteiger partial charge is 0.332 e. The normalized spacial score (nSPS) is 21.9. The maximum atomic E-state index is 11.5. The van der Waals surface area contributed by atoms with Crippen LogP contribution in [0, 0.1) is 0 Å². The summed E-state index contributed by atoms with van der Waals surface area (Å²) < 4.78 is 5.24. The Morgan fingerprint density at radius 3 is 2.89 bits per heavy atom. The van der Waals surface area contributed by atoms with E-state index < -0.39 is 18.1 Å². The van der Waals surface area contributed by atoms with Crippen molar-refractivity contribution < 1.29 is 19.4 Å². The first-order valence-corrected chi connectivity index (χ1v) is 5.72. The molecule has 2 rings (SSSR count). The standard InChI is InChI=1S/C10H13N5O4/c16-8(17)7-2-1-6(19-7)5-12-10(18)14-9-11-3-4-13-15-9/h3-4,6-7H,1-2,5H2,(H,16,17)(H2,11,12,14,15,18). The maximum Gasteiger partial charge on any atom is 0.332 e. The third-order valence-corrected chi connectivity index (χ3v) is 2.58. The zero-order valence-electron chi connectivity index (χ0n) is 9.94. The minimum Gasteiger partial charge on any atom is -0.479 e. The molecule has 19 heavy (non-hydrogen) atoms. The number of nitrogens with zero attached hydrogens (tertiary/aromatic N) is 3. The van der Waals surface area contributed by atoms with E-state index in [-0.39, 0.29) is 18.6 Å². The Hall–Kier alpha value is -2.29. The summed E-state index contributed by atoms with van der Waals surface area (Å²) in [5.74, 6) is -0.883. The molecule has 2 heterocycles. The summed E-state index contributed by atoms with van der Waals surface area (Å²) in [4.78, 5) is 25.9. The minimum absolute atomic E-state index is 0.0933. The summed E-state index contributed by atoms with van der Waals surface area (Å²) in [7, 11) is 0. The topological polar surface area (TPSA) is 126 Å². The number of aliphatic carboxylic acids is 1. The van der Waals surface area contributed by atoms with Crippen molar-refractivity contribution >= 4 is 17.9 Å². The zero-order valence-corrected chi connectivity index (χ0v) is 9.94. The summed E-state index contributed by atoms with van der Waals surface area (Å²) in [6, 6.07) is -0.490. The summed E-state index contributed by atoms with van der Waals surface area (Å²) >= 11 is 0. The molecule has 1 aromatic rings. The van der Waals surface area contributed by atoms with E-state index in [0.29, 0.717) is 12.8 Å². The van der Waals surface area contributed by atoms with Crippen LogP contribution in [0.2, 0.25) is 0 Å². The molecule has 2 atom stereocenters. The molecule has 0 saturated carbocycles. The fourth-order valence-corrected chi connectivity index (χ4v) is 1.69. The molecule has 9 heteroatoms. The van der Waals surface area contributed by atoms with Gasteiger partial charge in [0.05, 0.1) is 18.5 Å². The van der Waals surface area contributed by atoms with Crippen LogP contribution in [-0.4, -0.2) is 51.0 Å². The van der Waals surface area contributed by atoms with Crippen LogP contribution in [0.15, 0.2) is 12.4 Å². The van der Waals surface area contributed by atoms with Crippen molar-refractivity contribution in [3.05, 3.63) is 12.4 Å². The van der Waals surface area contributed by atoms with E-state index in [1.807, 2.05) is 0 Å². The SMILES string of the molecule is O=C(NCC1CCC(C(=O)O)O1)Nc1nccnn1. The van der Waals surface area contributed by atoms with Crippen LogP contribution in [0.3, 0.4) is 0 Å². The van der Waals surface area contributed by atoms with Crippen molar-refractivity contribution in [2.75, 3.05) is 11.9 Å². The van der Waals surface area contributed by atoms with Crippen LogP contribution in [-0.2, 0) is 9.53 Å². The lowest BCUT2D eigenvalue weighted by Gasteiger charge is -2.12. The van der Waals surface area contributed by atoms with E-state index in [1.54, 1.807) is 0 Å². The van der Waals surface area contributed by atoms with Gasteiger partial charge in [-0.25, -0.2) is 14.6 Å². The second kappa shape index (κ2) is 6.05. The largest absolute Gasteiger partial charge is 0.479 e. The number of nitrogens with one attached hydrogen (secondary N) is 2. The van der Waals surface area contributed by atoms with E-state index in [4.69, 9.17) is 9.84 Å². The molecule has 0 aliphatic carbocycles. The van der Waals surface area contributed by atoms with E-state index >= 15 is 0 Å². The number of hydrogen-bond donors (Lipinski definition) is 3. The fourth-order valence-electron chi connectivity index (χ4n) is 1.69. The highest BCUT2D eigenvalue weighted by Gasteiger charge is 2.30. The summed E-state index contributed by atoms with van der Waals surface area (Å²) in [6.45, 7) is 0.232. The number of rotatable bonds is 4. The third-order valence-electron chi connectivity index (χ3n) is 2.58. The molecule has 0 spiro atoms. The Morgan fingerprint density at radius 1 is 1.42 bits per heavy atom. The van der Waals surface area contributed by atoms with Crippen LogP contribution in [0.4, 0.5) is 10.7 Å². The number of amides is 2. The van der Waals surface area contributed by atoms with E-state index in [9.17, 15) is 9.59 Å². The van der Waals surface area contributed by atoms with Gasteiger partial charge >= 0.3 is 12.0 Å². The number of ether oxygens (including phenoxy) is 1. The van der Waals surface area contributed by atoms with Crippen molar-refractivity contribution in [1.82, 2.24) is 20.5 Å². The van der Waals surface area contributed by atoms with Crippen LogP contribution in [0.25, 0.3) is 0 Å². The number of hydrogen-bond acceptors (Lipinski definition) is 6. The number of aromatic nitrogens is 3. The second-order valence-corrected chi connectivity index (χ2v) is 3.96. The first-order chi connectivity index (χ1) is 9.15. The summed E-state index contributed by atoms with van der Waals surface area (Å²) in [5.41, 5.74) is 0. The van der Waals surface area contributed by atoms with Gasteiger partial charge in [-0.3, -0.25) is 5.32 Å². The highest BCUT2D eigenvalue weighted by Crippen LogP contribution is 2.19. The lowest BCUT2D eigenvalue weighted by atomic mass is 10.2. The Balaban J connectivity index is 1.71. The lowest BCUT2D eigenvalue weighted by Crippen LogP contribution is -2.36. The van der Waals surface area contributed by atoms with Gasteiger partial charge < -0.3 is 15.2 Å². The Morgan fingerprint density at radius 2 is 2.26 bits per heavy atom. The van der Waals surface area contributed by atoms with Crippen molar-refractivity contribution in [2.45, 2.75) is 25.0 Å². The molecule has 2 unspecified atom stereocenters. The molecule has 102 valence electrons. The van der Waals surface area contributed by atoms with E-state index in [2.05, 4.69) is 25.8 Å². The Bertz CT molecular complexity index is 454. The van der Waals surface area contributed by atoms with Gasteiger partial charge in [0.15, 0.2) is 6.10 Å². The molecule has 1 saturated heterocycles. The van der Waals surface area contributed by atoms with Crippen LogP contribution in [0.1, 0.15) is 12.8 Å². The number of carboxylic acids is 1. The van der Waals surface area contributed by atoms with Crippen LogP contribution in [0.5, 0.6) is 0 Å². The van der Waals surface area contributed by atoms with Gasteiger partial charge in [0, 0.05) is 6.54 Å². The lowest BCUT2D eigenvalue weighted by molar-refractivity contribution is -0.149. The average molecular weight is 267 g/mol.